The highest BCUT2D eigenvalue weighted by molar-refractivity contribution is 5.83. The van der Waals surface area contributed by atoms with Gasteiger partial charge in [0.2, 0.25) is 0 Å². The molecule has 2 aromatic carbocycles. The Bertz CT molecular complexity index is 713. The molecule has 0 atom stereocenters. The average Bonchev–Trinajstić information content (AvgIpc) is 2.60. The molecule has 126 valence electrons. The number of benzene rings is 2. The van der Waals surface area contributed by atoms with Crippen LogP contribution in [0.2, 0.25) is 0 Å². The van der Waals surface area contributed by atoms with Gasteiger partial charge in [-0.05, 0) is 48.0 Å². The molecule has 2 rings (SSSR count). The van der Waals surface area contributed by atoms with E-state index in [-0.39, 0.29) is 12.4 Å². The van der Waals surface area contributed by atoms with Crippen LogP contribution >= 0.6 is 0 Å². The first-order valence-corrected chi connectivity index (χ1v) is 7.08. The summed E-state index contributed by atoms with van der Waals surface area (Å²) >= 11 is 0. The number of nitrogens with zero attached hydrogens (tertiary/aromatic N) is 1. The highest BCUT2D eigenvalue weighted by Gasteiger charge is 2.03. The fraction of sp³-hybridized carbons (Fsp3) is 0.176. The van der Waals surface area contributed by atoms with Crippen LogP contribution in [0, 0.1) is 0 Å². The second-order valence-corrected chi connectivity index (χ2v) is 4.69. The number of carbonyl (C=O) groups is 1. The predicted molar refractivity (Wildman–Crippen MR) is 88.9 cm³/mol. The highest BCUT2D eigenvalue weighted by Crippen LogP contribution is 2.25. The zero-order valence-electron chi connectivity index (χ0n) is 13.4. The quantitative estimate of drug-likeness (QED) is 0.598. The molecule has 0 aromatic heterocycles. The highest BCUT2D eigenvalue weighted by atomic mass is 16.5. The molecule has 1 amide bonds. The van der Waals surface area contributed by atoms with Crippen LogP contribution in [-0.2, 0) is 4.79 Å². The summed E-state index contributed by atoms with van der Waals surface area (Å²) in [7, 11) is 3.04. The van der Waals surface area contributed by atoms with Crippen molar-refractivity contribution in [3.05, 3.63) is 48.0 Å². The topological polar surface area (TPSA) is 89.4 Å². The number of hydrazone groups is 1. The van der Waals surface area contributed by atoms with Gasteiger partial charge in [-0.1, -0.05) is 0 Å². The van der Waals surface area contributed by atoms with E-state index in [2.05, 4.69) is 10.5 Å². The number of hydrogen-bond donors (Lipinski definition) is 2. The van der Waals surface area contributed by atoms with E-state index in [1.807, 2.05) is 0 Å². The van der Waals surface area contributed by atoms with Gasteiger partial charge in [0.05, 0.1) is 20.4 Å². The summed E-state index contributed by atoms with van der Waals surface area (Å²) in [5, 5.41) is 13.4. The van der Waals surface area contributed by atoms with E-state index >= 15 is 0 Å². The molecule has 0 saturated heterocycles. The number of aromatic hydroxyl groups is 1. The Balaban J connectivity index is 1.80. The number of nitrogens with one attached hydrogen (secondary N) is 1. The molecule has 2 N–H and O–H groups in total. The van der Waals surface area contributed by atoms with Gasteiger partial charge < -0.3 is 19.3 Å². The van der Waals surface area contributed by atoms with Crippen LogP contribution in [0.1, 0.15) is 5.56 Å². The van der Waals surface area contributed by atoms with Crippen molar-refractivity contribution in [3.63, 3.8) is 0 Å². The molecule has 7 heteroatoms. The van der Waals surface area contributed by atoms with Gasteiger partial charge in [-0.15, -0.1) is 0 Å². The van der Waals surface area contributed by atoms with Crippen LogP contribution in [0.4, 0.5) is 0 Å². The molecular weight excluding hydrogens is 312 g/mol. The SMILES string of the molecule is COc1ccc(OCC(=O)N/N=C/c2ccc(OC)c(O)c2)cc1. The van der Waals surface area contributed by atoms with Gasteiger partial charge in [0.15, 0.2) is 18.1 Å². The standard InChI is InChI=1S/C17H18N2O5/c1-22-13-4-6-14(7-5-13)24-11-17(21)19-18-10-12-3-8-16(23-2)15(20)9-12/h3-10,20H,11H2,1-2H3,(H,19,21)/b18-10+. The summed E-state index contributed by atoms with van der Waals surface area (Å²) in [4.78, 5) is 11.7. The van der Waals surface area contributed by atoms with Crippen molar-refractivity contribution >= 4 is 12.1 Å². The van der Waals surface area contributed by atoms with E-state index in [4.69, 9.17) is 14.2 Å². The summed E-state index contributed by atoms with van der Waals surface area (Å²) in [6.07, 6.45) is 1.41. The Morgan fingerprint density at radius 1 is 1.12 bits per heavy atom. The fourth-order valence-corrected chi connectivity index (χ4v) is 1.82. The van der Waals surface area contributed by atoms with Crippen molar-refractivity contribution in [2.45, 2.75) is 0 Å². The first kappa shape index (κ1) is 17.1. The summed E-state index contributed by atoms with van der Waals surface area (Å²) < 4.78 is 15.3. The maximum absolute atomic E-state index is 11.7. The number of ether oxygens (including phenoxy) is 3. The third-order valence-corrected chi connectivity index (χ3v) is 3.04. The minimum absolute atomic E-state index is 0.00406. The second kappa shape index (κ2) is 8.42. The number of phenols is 1. The zero-order chi connectivity index (χ0) is 17.4. The molecule has 0 aliphatic carbocycles. The lowest BCUT2D eigenvalue weighted by molar-refractivity contribution is -0.123. The third-order valence-electron chi connectivity index (χ3n) is 3.04. The molecule has 7 nitrogen and oxygen atoms in total. The molecule has 0 radical (unpaired) electrons. The molecule has 0 unspecified atom stereocenters. The van der Waals surface area contributed by atoms with E-state index in [9.17, 15) is 9.90 Å². The molecule has 0 fully saturated rings. The Morgan fingerprint density at radius 3 is 2.46 bits per heavy atom. The van der Waals surface area contributed by atoms with Crippen molar-refractivity contribution in [2.24, 2.45) is 5.10 Å². The normalized spacial score (nSPS) is 10.4. The average molecular weight is 330 g/mol. The van der Waals surface area contributed by atoms with Gasteiger partial charge in [0.25, 0.3) is 5.91 Å². The number of rotatable bonds is 7. The maximum atomic E-state index is 11.7. The molecular formula is C17H18N2O5. The third kappa shape index (κ3) is 4.91. The zero-order valence-corrected chi connectivity index (χ0v) is 13.4. The van der Waals surface area contributed by atoms with E-state index < -0.39 is 5.91 Å². The lowest BCUT2D eigenvalue weighted by Crippen LogP contribution is -2.24. The van der Waals surface area contributed by atoms with E-state index in [0.717, 1.165) is 0 Å². The monoisotopic (exact) mass is 330 g/mol. The van der Waals surface area contributed by atoms with Crippen molar-refractivity contribution in [2.75, 3.05) is 20.8 Å². The Hall–Kier alpha value is -3.22. The Morgan fingerprint density at radius 2 is 1.83 bits per heavy atom. The van der Waals surface area contributed by atoms with Crippen LogP contribution in [0.5, 0.6) is 23.0 Å². The molecule has 0 spiro atoms. The maximum Gasteiger partial charge on any atom is 0.277 e. The minimum atomic E-state index is -0.403. The smallest absolute Gasteiger partial charge is 0.277 e. The van der Waals surface area contributed by atoms with Crippen LogP contribution in [0.15, 0.2) is 47.6 Å². The van der Waals surface area contributed by atoms with E-state index in [1.165, 1.54) is 19.4 Å². The van der Waals surface area contributed by atoms with Crippen LogP contribution in [-0.4, -0.2) is 38.1 Å². The molecule has 0 aliphatic rings. The molecule has 24 heavy (non-hydrogen) atoms. The Kier molecular flexibility index (Phi) is 6.01. The van der Waals surface area contributed by atoms with E-state index in [1.54, 1.807) is 43.5 Å². The first-order chi connectivity index (χ1) is 11.6. The van der Waals surface area contributed by atoms with Crippen LogP contribution < -0.4 is 19.6 Å². The van der Waals surface area contributed by atoms with Gasteiger partial charge in [0.1, 0.15) is 11.5 Å². The van der Waals surface area contributed by atoms with Gasteiger partial charge in [0, 0.05) is 0 Å². The number of phenolic OH excluding ortho intramolecular Hbond substituents is 1. The summed E-state index contributed by atoms with van der Waals surface area (Å²) in [6.45, 7) is -0.169. The number of carbonyl (C=O) groups excluding carboxylic acids is 1. The number of methoxy groups -OCH3 is 2. The summed E-state index contributed by atoms with van der Waals surface area (Å²) in [5.74, 6) is 1.22. The van der Waals surface area contributed by atoms with Crippen molar-refractivity contribution in [1.82, 2.24) is 5.43 Å². The second-order valence-electron chi connectivity index (χ2n) is 4.69. The minimum Gasteiger partial charge on any atom is -0.504 e. The largest absolute Gasteiger partial charge is 0.504 e. The van der Waals surface area contributed by atoms with Crippen molar-refractivity contribution in [3.8, 4) is 23.0 Å². The summed E-state index contributed by atoms with van der Waals surface area (Å²) in [6, 6.07) is 11.7. The lowest BCUT2D eigenvalue weighted by Gasteiger charge is -2.06. The number of hydrogen-bond acceptors (Lipinski definition) is 6. The number of amides is 1. The van der Waals surface area contributed by atoms with Gasteiger partial charge >= 0.3 is 0 Å². The first-order valence-electron chi connectivity index (χ1n) is 7.08. The van der Waals surface area contributed by atoms with E-state index in [0.29, 0.717) is 22.8 Å². The van der Waals surface area contributed by atoms with Crippen molar-refractivity contribution in [1.29, 1.82) is 0 Å². The molecule has 0 saturated carbocycles. The summed E-state index contributed by atoms with van der Waals surface area (Å²) in [5.41, 5.74) is 2.96. The molecule has 2 aromatic rings. The van der Waals surface area contributed by atoms with Gasteiger partial charge in [-0.25, -0.2) is 5.43 Å². The lowest BCUT2D eigenvalue weighted by atomic mass is 10.2. The predicted octanol–water partition coefficient (Wildman–Crippen LogP) is 1.94. The van der Waals surface area contributed by atoms with Gasteiger partial charge in [-0.2, -0.15) is 5.10 Å². The molecule has 0 heterocycles. The van der Waals surface area contributed by atoms with Crippen LogP contribution in [0.3, 0.4) is 0 Å². The van der Waals surface area contributed by atoms with Gasteiger partial charge in [-0.3, -0.25) is 4.79 Å². The molecule has 0 aliphatic heterocycles. The van der Waals surface area contributed by atoms with Crippen molar-refractivity contribution < 1.29 is 24.1 Å². The molecule has 0 bridgehead atoms. The fourth-order valence-electron chi connectivity index (χ4n) is 1.82. The Labute approximate surface area is 139 Å². The van der Waals surface area contributed by atoms with Crippen LogP contribution in [0.25, 0.3) is 0 Å².